The molecule has 1 N–H and O–H groups in total. The summed E-state index contributed by atoms with van der Waals surface area (Å²) in [6.07, 6.45) is -2.91. The van der Waals surface area contributed by atoms with E-state index in [9.17, 15) is 28.1 Å². The summed E-state index contributed by atoms with van der Waals surface area (Å²) in [6, 6.07) is 22.3. The van der Waals surface area contributed by atoms with E-state index in [0.717, 1.165) is 25.0 Å². The van der Waals surface area contributed by atoms with Crippen molar-refractivity contribution < 1.29 is 22.9 Å². The smallest absolute Gasteiger partial charge is 0.354 e. The number of hydrogen-bond donors (Lipinski definition) is 1. The fourth-order valence-corrected chi connectivity index (χ4v) is 4.99. The first kappa shape index (κ1) is 25.3. The lowest BCUT2D eigenvalue weighted by Gasteiger charge is -2.32. The molecule has 1 aliphatic heterocycles. The van der Waals surface area contributed by atoms with Crippen molar-refractivity contribution in [2.45, 2.75) is 24.9 Å². The maximum Gasteiger partial charge on any atom is 0.416 e. The van der Waals surface area contributed by atoms with Gasteiger partial charge >= 0.3 is 6.18 Å². The minimum atomic E-state index is -4.48. The van der Waals surface area contributed by atoms with Gasteiger partial charge in [-0.2, -0.15) is 13.2 Å². The molecule has 9 heteroatoms. The normalized spacial score (nSPS) is 14.4. The van der Waals surface area contributed by atoms with E-state index in [-0.39, 0.29) is 28.4 Å². The second kappa shape index (κ2) is 10.2. The van der Waals surface area contributed by atoms with Crippen LogP contribution in [0.15, 0.2) is 84.9 Å². The highest BCUT2D eigenvalue weighted by Crippen LogP contribution is 2.37. The Morgan fingerprint density at radius 3 is 2.18 bits per heavy atom. The van der Waals surface area contributed by atoms with Gasteiger partial charge in [0.05, 0.1) is 27.3 Å². The monoisotopic (exact) mass is 519 g/mol. The SMILES string of the molecule is O=C(c1cc(-c2ccc(C(F)(F)F)cc2)[nH]c1-c1ccccc1[N+](=O)[O-])N1CCC(c2ccccc2)CC1. The number of likely N-dealkylation sites (tertiary alicyclic amines) is 1. The number of amides is 1. The molecule has 6 nitrogen and oxygen atoms in total. The highest BCUT2D eigenvalue weighted by molar-refractivity contribution is 6.02. The molecule has 2 heterocycles. The number of hydrogen-bond acceptors (Lipinski definition) is 3. The summed E-state index contributed by atoms with van der Waals surface area (Å²) in [5, 5.41) is 11.7. The third-order valence-corrected chi connectivity index (χ3v) is 6.99. The Bertz CT molecular complexity index is 1460. The number of nitro groups is 1. The van der Waals surface area contributed by atoms with E-state index in [1.807, 2.05) is 18.2 Å². The number of aromatic amines is 1. The molecule has 3 aromatic carbocycles. The van der Waals surface area contributed by atoms with Crippen molar-refractivity contribution in [1.29, 1.82) is 0 Å². The van der Waals surface area contributed by atoms with Gasteiger partial charge in [-0.3, -0.25) is 14.9 Å². The van der Waals surface area contributed by atoms with Gasteiger partial charge in [0.25, 0.3) is 11.6 Å². The fourth-order valence-electron chi connectivity index (χ4n) is 4.99. The van der Waals surface area contributed by atoms with E-state index in [2.05, 4.69) is 17.1 Å². The van der Waals surface area contributed by atoms with Crippen molar-refractivity contribution in [3.05, 3.63) is 112 Å². The minimum Gasteiger partial charge on any atom is -0.354 e. The van der Waals surface area contributed by atoms with Crippen molar-refractivity contribution in [3.8, 4) is 22.5 Å². The summed E-state index contributed by atoms with van der Waals surface area (Å²) >= 11 is 0. The fraction of sp³-hybridized carbons (Fsp3) is 0.207. The number of alkyl halides is 3. The Morgan fingerprint density at radius 2 is 1.55 bits per heavy atom. The van der Waals surface area contributed by atoms with Crippen LogP contribution < -0.4 is 0 Å². The summed E-state index contributed by atoms with van der Waals surface area (Å²) in [5.41, 5.74) is 1.84. The predicted molar refractivity (Wildman–Crippen MR) is 138 cm³/mol. The maximum atomic E-state index is 13.7. The summed E-state index contributed by atoms with van der Waals surface area (Å²) in [7, 11) is 0. The number of nitro benzene ring substituents is 1. The molecular weight excluding hydrogens is 495 g/mol. The van der Waals surface area contributed by atoms with Gasteiger partial charge in [-0.05, 0) is 54.2 Å². The van der Waals surface area contributed by atoms with Crippen LogP contribution in [0.25, 0.3) is 22.5 Å². The van der Waals surface area contributed by atoms with Gasteiger partial charge in [-0.15, -0.1) is 0 Å². The molecule has 38 heavy (non-hydrogen) atoms. The number of carbonyl (C=O) groups excluding carboxylic acids is 1. The lowest BCUT2D eigenvalue weighted by Crippen LogP contribution is -2.38. The molecule has 0 unspecified atom stereocenters. The van der Waals surface area contributed by atoms with Crippen molar-refractivity contribution in [3.63, 3.8) is 0 Å². The number of nitrogens with zero attached hydrogens (tertiary/aromatic N) is 2. The van der Waals surface area contributed by atoms with Crippen molar-refractivity contribution in [1.82, 2.24) is 9.88 Å². The summed E-state index contributed by atoms with van der Waals surface area (Å²) in [4.78, 5) is 29.8. The van der Waals surface area contributed by atoms with Crippen LogP contribution in [-0.2, 0) is 6.18 Å². The molecule has 0 spiro atoms. The Labute approximate surface area is 216 Å². The van der Waals surface area contributed by atoms with Crippen molar-refractivity contribution in [2.75, 3.05) is 13.1 Å². The Balaban J connectivity index is 1.50. The number of carbonyl (C=O) groups is 1. The van der Waals surface area contributed by atoms with Crippen LogP contribution in [-0.4, -0.2) is 33.8 Å². The number of rotatable bonds is 5. The highest BCUT2D eigenvalue weighted by Gasteiger charge is 2.31. The first-order valence-corrected chi connectivity index (χ1v) is 12.2. The van der Waals surface area contributed by atoms with Crippen molar-refractivity contribution >= 4 is 11.6 Å². The largest absolute Gasteiger partial charge is 0.416 e. The minimum absolute atomic E-state index is 0.176. The molecule has 1 amide bonds. The van der Waals surface area contributed by atoms with E-state index in [1.54, 1.807) is 23.1 Å². The molecule has 0 radical (unpaired) electrons. The van der Waals surface area contributed by atoms with Gasteiger partial charge in [0.2, 0.25) is 0 Å². The lowest BCUT2D eigenvalue weighted by atomic mass is 9.89. The summed E-state index contributed by atoms with van der Waals surface area (Å²) in [5.74, 6) is 0.0583. The van der Waals surface area contributed by atoms with E-state index in [4.69, 9.17) is 0 Å². The molecule has 194 valence electrons. The third-order valence-electron chi connectivity index (χ3n) is 6.99. The molecule has 1 aliphatic rings. The maximum absolute atomic E-state index is 13.7. The molecular formula is C29H24F3N3O3. The molecule has 0 bridgehead atoms. The zero-order chi connectivity index (χ0) is 26.9. The number of piperidine rings is 1. The average Bonchev–Trinajstić information content (AvgIpc) is 3.38. The molecule has 1 fully saturated rings. The summed E-state index contributed by atoms with van der Waals surface area (Å²) < 4.78 is 39.2. The van der Waals surface area contributed by atoms with Crippen LogP contribution in [0.2, 0.25) is 0 Å². The van der Waals surface area contributed by atoms with Crippen LogP contribution in [0.5, 0.6) is 0 Å². The molecule has 4 aromatic rings. The number of para-hydroxylation sites is 1. The quantitative estimate of drug-likeness (QED) is 0.222. The lowest BCUT2D eigenvalue weighted by molar-refractivity contribution is -0.384. The average molecular weight is 520 g/mol. The van der Waals surface area contributed by atoms with Crippen molar-refractivity contribution in [2.24, 2.45) is 0 Å². The topological polar surface area (TPSA) is 79.2 Å². The Morgan fingerprint density at radius 1 is 0.921 bits per heavy atom. The molecule has 0 aliphatic carbocycles. The number of nitrogens with one attached hydrogen (secondary N) is 1. The third kappa shape index (κ3) is 5.04. The van der Waals surface area contributed by atoms with E-state index < -0.39 is 16.7 Å². The number of halogens is 3. The van der Waals surface area contributed by atoms with Crippen LogP contribution in [0, 0.1) is 10.1 Å². The molecule has 0 atom stereocenters. The van der Waals surface area contributed by atoms with Crippen LogP contribution in [0.3, 0.4) is 0 Å². The molecule has 1 saturated heterocycles. The Kier molecular flexibility index (Phi) is 6.75. The highest BCUT2D eigenvalue weighted by atomic mass is 19.4. The molecule has 5 rings (SSSR count). The van der Waals surface area contributed by atoms with Gasteiger partial charge in [0, 0.05) is 24.8 Å². The molecule has 0 saturated carbocycles. The van der Waals surface area contributed by atoms with Gasteiger partial charge in [-0.25, -0.2) is 0 Å². The van der Waals surface area contributed by atoms with E-state index in [1.165, 1.54) is 29.8 Å². The zero-order valence-electron chi connectivity index (χ0n) is 20.2. The zero-order valence-corrected chi connectivity index (χ0v) is 20.2. The van der Waals surface area contributed by atoms with E-state index >= 15 is 0 Å². The van der Waals surface area contributed by atoms with Gasteiger partial charge in [0.1, 0.15) is 0 Å². The van der Waals surface area contributed by atoms with Gasteiger partial charge in [-0.1, -0.05) is 54.6 Å². The van der Waals surface area contributed by atoms with E-state index in [0.29, 0.717) is 30.3 Å². The van der Waals surface area contributed by atoms with Crippen LogP contribution >= 0.6 is 0 Å². The molecule has 1 aromatic heterocycles. The standard InChI is InChI=1S/C29H24F3N3O3/c30-29(31,32)22-12-10-21(11-13-22)25-18-24(27(33-25)23-8-4-5-9-26(23)35(37)38)28(36)34-16-14-20(15-17-34)19-6-2-1-3-7-19/h1-13,18,20,33H,14-17H2. The van der Waals surface area contributed by atoms with Crippen LogP contribution in [0.1, 0.15) is 40.2 Å². The summed E-state index contributed by atoms with van der Waals surface area (Å²) in [6.45, 7) is 1.05. The second-order valence-corrected chi connectivity index (χ2v) is 9.30. The van der Waals surface area contributed by atoms with Gasteiger partial charge < -0.3 is 9.88 Å². The second-order valence-electron chi connectivity index (χ2n) is 9.30. The van der Waals surface area contributed by atoms with Crippen LogP contribution in [0.4, 0.5) is 18.9 Å². The number of H-pyrrole nitrogens is 1. The predicted octanol–water partition coefficient (Wildman–Crippen LogP) is 7.30. The number of aromatic nitrogens is 1. The Hall–Kier alpha value is -4.40. The first-order valence-electron chi connectivity index (χ1n) is 12.2. The van der Waals surface area contributed by atoms with Gasteiger partial charge in [0.15, 0.2) is 0 Å². The first-order chi connectivity index (χ1) is 18.2. The number of benzene rings is 3.